The molecular weight excluding hydrogens is 253 g/mol. The molecule has 0 aliphatic rings. The molecule has 82 valence electrons. The van der Waals surface area contributed by atoms with Gasteiger partial charge in [-0.1, -0.05) is 23.2 Å². The van der Waals surface area contributed by atoms with Gasteiger partial charge in [0.15, 0.2) is 12.2 Å². The van der Waals surface area contributed by atoms with E-state index in [4.69, 9.17) is 32.7 Å². The van der Waals surface area contributed by atoms with Crippen LogP contribution in [-0.2, 0) is 0 Å². The van der Waals surface area contributed by atoms with E-state index in [0.29, 0.717) is 16.3 Å². The summed E-state index contributed by atoms with van der Waals surface area (Å²) in [5.74, 6) is -0.791. The number of hydrogen-bond donors (Lipinski definition) is 1. The highest BCUT2D eigenvalue weighted by atomic mass is 35.5. The van der Waals surface area contributed by atoms with Crippen molar-refractivity contribution in [1.29, 1.82) is 0 Å². The minimum absolute atomic E-state index is 0.0301. The fraction of sp³-hybridized carbons (Fsp3) is 0. The second-order valence-electron chi connectivity index (χ2n) is 2.95. The lowest BCUT2D eigenvalue weighted by molar-refractivity contribution is 0.0697. The molecule has 1 aromatic carbocycles. The fourth-order valence-electron chi connectivity index (χ4n) is 1.28. The monoisotopic (exact) mass is 257 g/mol. The van der Waals surface area contributed by atoms with Crippen molar-refractivity contribution in [3.8, 4) is 11.3 Å². The Kier molecular flexibility index (Phi) is 2.85. The summed E-state index contributed by atoms with van der Waals surface area (Å²) in [7, 11) is 0. The fourth-order valence-corrected chi connectivity index (χ4v) is 1.92. The maximum atomic E-state index is 10.9. The predicted octanol–water partition coefficient (Wildman–Crippen LogP) is 3.35. The van der Waals surface area contributed by atoms with Crippen molar-refractivity contribution in [1.82, 2.24) is 4.98 Å². The molecule has 2 rings (SSSR count). The number of carboxylic acid groups (broad SMARTS) is 1. The molecule has 6 heteroatoms. The Labute approximate surface area is 100 Å². The minimum atomic E-state index is -1.12. The highest BCUT2D eigenvalue weighted by molar-refractivity contribution is 6.40. The molecule has 0 aliphatic carbocycles. The van der Waals surface area contributed by atoms with E-state index in [-0.39, 0.29) is 10.6 Å². The van der Waals surface area contributed by atoms with Crippen LogP contribution in [-0.4, -0.2) is 16.1 Å². The van der Waals surface area contributed by atoms with Crippen LogP contribution in [0.15, 0.2) is 29.1 Å². The number of aromatic nitrogens is 1. The van der Waals surface area contributed by atoms with Crippen LogP contribution in [0.1, 0.15) is 10.4 Å². The third-order valence-corrected chi connectivity index (χ3v) is 2.71. The van der Waals surface area contributed by atoms with Gasteiger partial charge >= 0.3 is 5.97 Å². The van der Waals surface area contributed by atoms with Gasteiger partial charge in [-0.25, -0.2) is 9.78 Å². The van der Waals surface area contributed by atoms with Gasteiger partial charge in [-0.15, -0.1) is 0 Å². The molecule has 0 saturated carbocycles. The molecule has 4 nitrogen and oxygen atoms in total. The Morgan fingerprint density at radius 2 is 2.12 bits per heavy atom. The van der Waals surface area contributed by atoms with E-state index < -0.39 is 5.97 Å². The molecule has 0 bridgehead atoms. The largest absolute Gasteiger partial charge is 0.478 e. The van der Waals surface area contributed by atoms with Gasteiger partial charge in [0.1, 0.15) is 0 Å². The summed E-state index contributed by atoms with van der Waals surface area (Å²) in [5, 5.41) is 9.26. The number of hydrogen-bond acceptors (Lipinski definition) is 3. The quantitative estimate of drug-likeness (QED) is 0.897. The van der Waals surface area contributed by atoms with Crippen molar-refractivity contribution in [2.24, 2.45) is 0 Å². The van der Waals surface area contributed by atoms with Crippen LogP contribution in [0.3, 0.4) is 0 Å². The number of carbonyl (C=O) groups is 1. The SMILES string of the molecule is O=C(O)c1ccc(Cl)c(-c2cnco2)c1Cl. The zero-order valence-corrected chi connectivity index (χ0v) is 9.29. The second kappa shape index (κ2) is 4.15. The third kappa shape index (κ3) is 1.77. The Balaban J connectivity index is 2.69. The van der Waals surface area contributed by atoms with Gasteiger partial charge in [0.2, 0.25) is 0 Å². The van der Waals surface area contributed by atoms with E-state index in [0.717, 1.165) is 0 Å². The summed E-state index contributed by atoms with van der Waals surface area (Å²) in [6.45, 7) is 0. The number of halogens is 2. The molecule has 16 heavy (non-hydrogen) atoms. The number of rotatable bonds is 2. The Bertz CT molecular complexity index is 537. The van der Waals surface area contributed by atoms with Gasteiger partial charge in [-0.05, 0) is 12.1 Å². The molecular formula is C10H5Cl2NO3. The molecule has 0 radical (unpaired) electrons. The summed E-state index contributed by atoms with van der Waals surface area (Å²) in [4.78, 5) is 14.6. The summed E-state index contributed by atoms with van der Waals surface area (Å²) in [5.41, 5.74) is 0.304. The van der Waals surface area contributed by atoms with Crippen LogP contribution < -0.4 is 0 Å². The number of aromatic carboxylic acids is 1. The first-order chi connectivity index (χ1) is 7.61. The molecule has 2 aromatic rings. The Morgan fingerprint density at radius 3 is 2.69 bits per heavy atom. The lowest BCUT2D eigenvalue weighted by atomic mass is 10.1. The van der Waals surface area contributed by atoms with Crippen LogP contribution in [0.25, 0.3) is 11.3 Å². The normalized spacial score (nSPS) is 10.4. The predicted molar refractivity (Wildman–Crippen MR) is 58.9 cm³/mol. The molecule has 1 aromatic heterocycles. The van der Waals surface area contributed by atoms with Gasteiger partial charge in [0, 0.05) is 0 Å². The van der Waals surface area contributed by atoms with Gasteiger partial charge < -0.3 is 9.52 Å². The maximum absolute atomic E-state index is 10.9. The topological polar surface area (TPSA) is 63.3 Å². The zero-order chi connectivity index (χ0) is 11.7. The van der Waals surface area contributed by atoms with Crippen LogP contribution >= 0.6 is 23.2 Å². The molecule has 0 unspecified atom stereocenters. The lowest BCUT2D eigenvalue weighted by Crippen LogP contribution is -1.98. The van der Waals surface area contributed by atoms with E-state index >= 15 is 0 Å². The lowest BCUT2D eigenvalue weighted by Gasteiger charge is -2.06. The average molecular weight is 258 g/mol. The van der Waals surface area contributed by atoms with E-state index in [1.807, 2.05) is 0 Å². The number of nitrogens with zero attached hydrogens (tertiary/aromatic N) is 1. The van der Waals surface area contributed by atoms with Gasteiger partial charge in [-0.3, -0.25) is 0 Å². The standard InChI is InChI=1S/C10H5Cl2NO3/c11-6-2-1-5(10(14)15)9(12)8(6)7-3-13-4-16-7/h1-4H,(H,14,15). The minimum Gasteiger partial charge on any atom is -0.478 e. The molecule has 1 heterocycles. The summed E-state index contributed by atoms with van der Waals surface area (Å²) in [6.07, 6.45) is 2.63. The zero-order valence-electron chi connectivity index (χ0n) is 7.78. The average Bonchev–Trinajstić information content (AvgIpc) is 2.70. The van der Waals surface area contributed by atoms with E-state index in [9.17, 15) is 4.79 Å². The summed E-state index contributed by atoms with van der Waals surface area (Å²) in [6, 6.07) is 2.79. The van der Waals surface area contributed by atoms with Crippen molar-refractivity contribution < 1.29 is 14.3 Å². The van der Waals surface area contributed by atoms with E-state index in [2.05, 4.69) is 4.98 Å². The van der Waals surface area contributed by atoms with Crippen molar-refractivity contribution in [2.45, 2.75) is 0 Å². The molecule has 0 amide bonds. The molecule has 0 saturated heterocycles. The third-order valence-electron chi connectivity index (χ3n) is 2.00. The van der Waals surface area contributed by atoms with Crippen LogP contribution in [0.4, 0.5) is 0 Å². The van der Waals surface area contributed by atoms with Crippen LogP contribution in [0.5, 0.6) is 0 Å². The van der Waals surface area contributed by atoms with Crippen molar-refractivity contribution in [3.63, 3.8) is 0 Å². The van der Waals surface area contributed by atoms with Crippen molar-refractivity contribution in [3.05, 3.63) is 40.3 Å². The van der Waals surface area contributed by atoms with E-state index in [1.54, 1.807) is 0 Å². The summed E-state index contributed by atoms with van der Waals surface area (Å²) < 4.78 is 5.04. The first kappa shape index (κ1) is 11.0. The molecule has 0 spiro atoms. The van der Waals surface area contributed by atoms with Gasteiger partial charge in [-0.2, -0.15) is 0 Å². The van der Waals surface area contributed by atoms with Crippen LogP contribution in [0.2, 0.25) is 10.0 Å². The van der Waals surface area contributed by atoms with Crippen molar-refractivity contribution >= 4 is 29.2 Å². The molecule has 0 aliphatic heterocycles. The Hall–Kier alpha value is -1.52. The van der Waals surface area contributed by atoms with Gasteiger partial charge in [0.25, 0.3) is 0 Å². The number of benzene rings is 1. The first-order valence-electron chi connectivity index (χ1n) is 4.21. The van der Waals surface area contributed by atoms with E-state index in [1.165, 1.54) is 24.7 Å². The van der Waals surface area contributed by atoms with Gasteiger partial charge in [0.05, 0.1) is 27.4 Å². The molecule has 1 N–H and O–H groups in total. The highest BCUT2D eigenvalue weighted by Gasteiger charge is 2.18. The molecule has 0 fully saturated rings. The van der Waals surface area contributed by atoms with Crippen LogP contribution in [0, 0.1) is 0 Å². The van der Waals surface area contributed by atoms with Crippen molar-refractivity contribution in [2.75, 3.05) is 0 Å². The first-order valence-corrected chi connectivity index (χ1v) is 4.97. The smallest absolute Gasteiger partial charge is 0.337 e. The highest BCUT2D eigenvalue weighted by Crippen LogP contribution is 2.36. The molecule has 0 atom stereocenters. The second-order valence-corrected chi connectivity index (χ2v) is 3.74. The number of oxazole rings is 1. The maximum Gasteiger partial charge on any atom is 0.337 e. The Morgan fingerprint density at radius 1 is 1.38 bits per heavy atom. The number of carboxylic acids is 1. The summed E-state index contributed by atoms with van der Waals surface area (Å²) >= 11 is 11.9.